The lowest BCUT2D eigenvalue weighted by molar-refractivity contribution is -0.125. The summed E-state index contributed by atoms with van der Waals surface area (Å²) < 4.78 is 5.01. The fourth-order valence-electron chi connectivity index (χ4n) is 1.40. The number of aromatic nitrogens is 1. The summed E-state index contributed by atoms with van der Waals surface area (Å²) in [6.07, 6.45) is 0.542. The van der Waals surface area contributed by atoms with Gasteiger partial charge in [0.1, 0.15) is 0 Å². The van der Waals surface area contributed by atoms with Gasteiger partial charge in [0.15, 0.2) is 0 Å². The van der Waals surface area contributed by atoms with Crippen molar-refractivity contribution >= 4 is 5.91 Å². The lowest BCUT2D eigenvalue weighted by Gasteiger charge is -2.19. The molecule has 0 unspecified atom stereocenters. The van der Waals surface area contributed by atoms with Crippen LogP contribution in [0.25, 0.3) is 0 Å². The Bertz CT molecular complexity index is 375. The second-order valence-corrected chi connectivity index (χ2v) is 4.48. The van der Waals surface area contributed by atoms with Gasteiger partial charge in [-0.2, -0.15) is 0 Å². The third-order valence-electron chi connectivity index (χ3n) is 2.45. The van der Waals surface area contributed by atoms with Crippen LogP contribution in [0, 0.1) is 5.41 Å². The van der Waals surface area contributed by atoms with Crippen molar-refractivity contribution in [3.05, 3.63) is 29.6 Å². The summed E-state index contributed by atoms with van der Waals surface area (Å²) in [5.41, 5.74) is 6.47. The Labute approximate surface area is 95.8 Å². The smallest absolute Gasteiger partial charge is 0.223 e. The third kappa shape index (κ3) is 3.31. The zero-order valence-electron chi connectivity index (χ0n) is 9.99. The number of primary amides is 1. The molecule has 16 heavy (non-hydrogen) atoms. The van der Waals surface area contributed by atoms with Crippen molar-refractivity contribution < 1.29 is 9.53 Å². The minimum atomic E-state index is -0.571. The molecule has 1 heterocycles. The number of pyridine rings is 1. The Morgan fingerprint density at radius 2 is 2.06 bits per heavy atom. The zero-order chi connectivity index (χ0) is 12.2. The number of hydrogen-bond acceptors (Lipinski definition) is 3. The van der Waals surface area contributed by atoms with E-state index >= 15 is 0 Å². The summed E-state index contributed by atoms with van der Waals surface area (Å²) in [4.78, 5) is 15.6. The highest BCUT2D eigenvalue weighted by molar-refractivity contribution is 5.80. The van der Waals surface area contributed by atoms with E-state index in [1.54, 1.807) is 7.11 Å². The second kappa shape index (κ2) is 5.07. The summed E-state index contributed by atoms with van der Waals surface area (Å²) in [5.74, 6) is -0.313. The Morgan fingerprint density at radius 3 is 2.62 bits per heavy atom. The number of carbonyl (C=O) groups excluding carboxylic acids is 1. The Morgan fingerprint density at radius 1 is 1.44 bits per heavy atom. The Kier molecular flexibility index (Phi) is 4.01. The topological polar surface area (TPSA) is 65.2 Å². The molecule has 88 valence electrons. The average molecular weight is 222 g/mol. The van der Waals surface area contributed by atoms with Crippen LogP contribution < -0.4 is 5.73 Å². The molecule has 0 fully saturated rings. The van der Waals surface area contributed by atoms with Gasteiger partial charge in [-0.3, -0.25) is 9.78 Å². The molecule has 0 aliphatic heterocycles. The van der Waals surface area contributed by atoms with Crippen molar-refractivity contribution in [1.29, 1.82) is 0 Å². The molecule has 4 nitrogen and oxygen atoms in total. The summed E-state index contributed by atoms with van der Waals surface area (Å²) in [7, 11) is 1.63. The summed E-state index contributed by atoms with van der Waals surface area (Å²) in [6.45, 7) is 4.12. The predicted molar refractivity (Wildman–Crippen MR) is 61.6 cm³/mol. The van der Waals surface area contributed by atoms with Crippen LogP contribution in [0.2, 0.25) is 0 Å². The molecular formula is C12H18N2O2. The Balaban J connectivity index is 2.81. The standard InChI is InChI=1S/C12H18N2O2/c1-12(2,11(13)15)7-9-5-4-6-10(14-9)8-16-3/h4-6H,7-8H2,1-3H3,(H2,13,15). The van der Waals surface area contributed by atoms with Crippen molar-refractivity contribution in [3.63, 3.8) is 0 Å². The number of rotatable bonds is 5. The number of amides is 1. The van der Waals surface area contributed by atoms with Gasteiger partial charge in [0.05, 0.1) is 12.3 Å². The number of ether oxygens (including phenoxy) is 1. The van der Waals surface area contributed by atoms with E-state index in [-0.39, 0.29) is 5.91 Å². The van der Waals surface area contributed by atoms with Gasteiger partial charge in [-0.25, -0.2) is 0 Å². The van der Waals surface area contributed by atoms with Gasteiger partial charge in [0.2, 0.25) is 5.91 Å². The third-order valence-corrected chi connectivity index (χ3v) is 2.45. The maximum Gasteiger partial charge on any atom is 0.223 e. The van der Waals surface area contributed by atoms with Gasteiger partial charge in [-0.1, -0.05) is 19.9 Å². The lowest BCUT2D eigenvalue weighted by Crippen LogP contribution is -2.33. The largest absolute Gasteiger partial charge is 0.378 e. The van der Waals surface area contributed by atoms with Gasteiger partial charge >= 0.3 is 0 Å². The van der Waals surface area contributed by atoms with E-state index in [0.29, 0.717) is 13.0 Å². The molecule has 1 aromatic rings. The lowest BCUT2D eigenvalue weighted by atomic mass is 9.87. The first-order chi connectivity index (χ1) is 7.45. The molecule has 0 aliphatic carbocycles. The normalized spacial score (nSPS) is 11.4. The Hall–Kier alpha value is -1.42. The molecule has 0 spiro atoms. The second-order valence-electron chi connectivity index (χ2n) is 4.48. The predicted octanol–water partition coefficient (Wildman–Crippen LogP) is 1.28. The van der Waals surface area contributed by atoms with Crippen LogP contribution in [0.5, 0.6) is 0 Å². The van der Waals surface area contributed by atoms with Crippen LogP contribution in [0.3, 0.4) is 0 Å². The molecule has 2 N–H and O–H groups in total. The number of hydrogen-bond donors (Lipinski definition) is 1. The van der Waals surface area contributed by atoms with Gasteiger partial charge in [-0.05, 0) is 12.1 Å². The molecule has 0 bridgehead atoms. The van der Waals surface area contributed by atoms with E-state index in [1.165, 1.54) is 0 Å². The molecule has 1 rings (SSSR count). The average Bonchev–Trinajstić information content (AvgIpc) is 2.17. The maximum absolute atomic E-state index is 11.2. The van der Waals surface area contributed by atoms with Crippen molar-refractivity contribution in [3.8, 4) is 0 Å². The highest BCUT2D eigenvalue weighted by atomic mass is 16.5. The first-order valence-electron chi connectivity index (χ1n) is 5.19. The van der Waals surface area contributed by atoms with Crippen LogP contribution in [0.4, 0.5) is 0 Å². The summed E-state index contributed by atoms with van der Waals surface area (Å²) in [5, 5.41) is 0. The summed E-state index contributed by atoms with van der Waals surface area (Å²) >= 11 is 0. The van der Waals surface area contributed by atoms with E-state index in [2.05, 4.69) is 4.98 Å². The van der Waals surface area contributed by atoms with Crippen molar-refractivity contribution in [2.24, 2.45) is 11.1 Å². The first kappa shape index (κ1) is 12.6. The van der Waals surface area contributed by atoms with Crippen LogP contribution in [-0.4, -0.2) is 18.0 Å². The highest BCUT2D eigenvalue weighted by Crippen LogP contribution is 2.20. The molecule has 0 radical (unpaired) electrons. The van der Waals surface area contributed by atoms with Crippen LogP contribution in [-0.2, 0) is 22.6 Å². The van der Waals surface area contributed by atoms with Gasteiger partial charge in [-0.15, -0.1) is 0 Å². The van der Waals surface area contributed by atoms with Crippen molar-refractivity contribution in [2.75, 3.05) is 7.11 Å². The number of carbonyl (C=O) groups is 1. The van der Waals surface area contributed by atoms with Crippen LogP contribution in [0.15, 0.2) is 18.2 Å². The zero-order valence-corrected chi connectivity index (χ0v) is 9.99. The monoisotopic (exact) mass is 222 g/mol. The first-order valence-corrected chi connectivity index (χ1v) is 5.19. The van der Waals surface area contributed by atoms with E-state index < -0.39 is 5.41 Å². The van der Waals surface area contributed by atoms with E-state index in [0.717, 1.165) is 11.4 Å². The fraction of sp³-hybridized carbons (Fsp3) is 0.500. The van der Waals surface area contributed by atoms with E-state index in [9.17, 15) is 4.79 Å². The van der Waals surface area contributed by atoms with E-state index in [1.807, 2.05) is 32.0 Å². The van der Waals surface area contributed by atoms with Gasteiger partial charge in [0, 0.05) is 24.6 Å². The van der Waals surface area contributed by atoms with Gasteiger partial charge < -0.3 is 10.5 Å². The fourth-order valence-corrected chi connectivity index (χ4v) is 1.40. The quantitative estimate of drug-likeness (QED) is 0.816. The maximum atomic E-state index is 11.2. The van der Waals surface area contributed by atoms with Crippen LogP contribution >= 0.6 is 0 Å². The molecular weight excluding hydrogens is 204 g/mol. The summed E-state index contributed by atoms with van der Waals surface area (Å²) in [6, 6.07) is 5.70. The molecule has 0 atom stereocenters. The molecule has 4 heteroatoms. The molecule has 0 aliphatic rings. The van der Waals surface area contributed by atoms with Crippen LogP contribution in [0.1, 0.15) is 25.2 Å². The molecule has 1 amide bonds. The van der Waals surface area contributed by atoms with E-state index in [4.69, 9.17) is 10.5 Å². The number of nitrogens with zero attached hydrogens (tertiary/aromatic N) is 1. The highest BCUT2D eigenvalue weighted by Gasteiger charge is 2.25. The molecule has 0 saturated carbocycles. The number of nitrogens with two attached hydrogens (primary N) is 1. The molecule has 0 aromatic carbocycles. The van der Waals surface area contributed by atoms with Gasteiger partial charge in [0.25, 0.3) is 0 Å². The molecule has 1 aromatic heterocycles. The molecule has 0 saturated heterocycles. The minimum absolute atomic E-state index is 0.313. The minimum Gasteiger partial charge on any atom is -0.378 e. The van der Waals surface area contributed by atoms with Crippen molar-refractivity contribution in [2.45, 2.75) is 26.9 Å². The SMILES string of the molecule is COCc1cccc(CC(C)(C)C(N)=O)n1. The number of methoxy groups -OCH3 is 1. The van der Waals surface area contributed by atoms with Crippen molar-refractivity contribution in [1.82, 2.24) is 4.98 Å².